The number of amides is 1. The third-order valence-electron chi connectivity index (χ3n) is 4.76. The van der Waals surface area contributed by atoms with Crippen molar-refractivity contribution in [2.75, 3.05) is 5.33 Å². The van der Waals surface area contributed by atoms with Crippen LogP contribution >= 0.6 is 15.9 Å². The lowest BCUT2D eigenvalue weighted by atomic mass is 9.57. The van der Waals surface area contributed by atoms with Crippen molar-refractivity contribution in [3.63, 3.8) is 0 Å². The molecule has 1 amide bonds. The van der Waals surface area contributed by atoms with E-state index < -0.39 is 34.1 Å². The lowest BCUT2D eigenvalue weighted by molar-refractivity contribution is -0.195. The van der Waals surface area contributed by atoms with Crippen molar-refractivity contribution in [2.45, 2.75) is 26.7 Å². The third-order valence-corrected chi connectivity index (χ3v) is 5.72. The Morgan fingerprint density at radius 1 is 1.35 bits per heavy atom. The average Bonchev–Trinajstić information content (AvgIpc) is 2.38. The van der Waals surface area contributed by atoms with E-state index in [0.29, 0.717) is 11.8 Å². The summed E-state index contributed by atoms with van der Waals surface area (Å²) in [5.41, 5.74) is 2.33. The maximum Gasteiger partial charge on any atom is 0.329 e. The van der Waals surface area contributed by atoms with Gasteiger partial charge >= 0.3 is 11.9 Å². The number of hydrogen-bond acceptors (Lipinski definition) is 4. The molecule has 0 aromatic rings. The molecule has 5 nitrogen and oxygen atoms in total. The van der Waals surface area contributed by atoms with E-state index in [1.54, 1.807) is 13.8 Å². The highest BCUT2D eigenvalue weighted by Crippen LogP contribution is 2.66. The number of primary amides is 1. The van der Waals surface area contributed by atoms with Crippen molar-refractivity contribution in [3.8, 4) is 0 Å². The van der Waals surface area contributed by atoms with Crippen molar-refractivity contribution in [1.29, 1.82) is 0 Å². The highest BCUT2D eigenvalue weighted by atomic mass is 79.9. The topological polar surface area (TPSA) is 86.5 Å². The van der Waals surface area contributed by atoms with Crippen LogP contribution < -0.4 is 5.73 Å². The van der Waals surface area contributed by atoms with Gasteiger partial charge in [-0.25, -0.2) is 0 Å². The number of nitrogens with two attached hydrogens (primary N) is 1. The largest absolute Gasteiger partial charge is 0.392 e. The second-order valence-electron chi connectivity index (χ2n) is 5.29. The van der Waals surface area contributed by atoms with Crippen LogP contribution in [-0.2, 0) is 19.1 Å². The smallest absolute Gasteiger partial charge is 0.329 e. The van der Waals surface area contributed by atoms with E-state index in [9.17, 15) is 14.4 Å². The van der Waals surface area contributed by atoms with Gasteiger partial charge in [0.2, 0.25) is 5.91 Å². The van der Waals surface area contributed by atoms with E-state index in [0.717, 1.165) is 0 Å². The normalized spacial score (nSPS) is 39.0. The van der Waals surface area contributed by atoms with Gasteiger partial charge in [-0.1, -0.05) is 29.8 Å². The van der Waals surface area contributed by atoms with Crippen molar-refractivity contribution in [2.24, 2.45) is 22.0 Å². The lowest BCUT2D eigenvalue weighted by Gasteiger charge is -2.48. The Morgan fingerprint density at radius 3 is 2.41 bits per heavy atom. The molecule has 1 aliphatic heterocycles. The van der Waals surface area contributed by atoms with Gasteiger partial charge in [0.05, 0.1) is 5.41 Å². The number of alkyl halides is 1. The van der Waals surface area contributed by atoms with Gasteiger partial charge in [-0.05, 0) is 12.8 Å². The minimum Gasteiger partial charge on any atom is -0.392 e. The summed E-state index contributed by atoms with van der Waals surface area (Å²) in [4.78, 5) is 35.6. The van der Waals surface area contributed by atoms with Gasteiger partial charge in [0.15, 0.2) is 5.41 Å². The lowest BCUT2D eigenvalue weighted by Crippen LogP contribution is -2.62. The summed E-state index contributed by atoms with van der Waals surface area (Å²) in [5.74, 6) is -2.06. The molecule has 1 saturated carbocycles. The fraction of sp³-hybridized carbons (Fsp3) is 0.727. The molecule has 2 bridgehead atoms. The molecule has 1 heterocycles. The summed E-state index contributed by atoms with van der Waals surface area (Å²) < 4.78 is 4.76. The summed E-state index contributed by atoms with van der Waals surface area (Å²) in [6.45, 7) is 3.48. The van der Waals surface area contributed by atoms with Gasteiger partial charge in [-0.3, -0.25) is 14.4 Å². The Balaban J connectivity index is 2.69. The first-order valence-corrected chi connectivity index (χ1v) is 6.51. The quantitative estimate of drug-likeness (QED) is 0.463. The summed E-state index contributed by atoms with van der Waals surface area (Å²) in [7, 11) is 0. The van der Waals surface area contributed by atoms with Crippen molar-refractivity contribution < 1.29 is 19.1 Å². The average molecular weight is 304 g/mol. The number of carbonyl (C=O) groups is 3. The molecule has 1 saturated heterocycles. The first kappa shape index (κ1) is 12.5. The Labute approximate surface area is 107 Å². The summed E-state index contributed by atoms with van der Waals surface area (Å²) in [6, 6.07) is 0. The van der Waals surface area contributed by atoms with Crippen LogP contribution in [0.25, 0.3) is 0 Å². The third kappa shape index (κ3) is 1.07. The number of halogens is 1. The molecule has 1 aliphatic carbocycles. The van der Waals surface area contributed by atoms with Gasteiger partial charge in [-0.2, -0.15) is 0 Å². The molecule has 94 valence electrons. The maximum absolute atomic E-state index is 12.0. The van der Waals surface area contributed by atoms with Crippen LogP contribution in [0.1, 0.15) is 26.7 Å². The fourth-order valence-electron chi connectivity index (χ4n) is 3.24. The zero-order valence-corrected chi connectivity index (χ0v) is 11.3. The standard InChI is InChI=1S/C11H14BrNO4/c1-9(2)10(5-12)3-4-11(9,6(13)14)8(16)17-7(10)15/h3-5H2,1-2H3,(H2,13,14)/t10-,11-/m0/s1. The number of hydrogen-bond donors (Lipinski definition) is 1. The molecule has 0 unspecified atom stereocenters. The van der Waals surface area contributed by atoms with Crippen LogP contribution in [0.2, 0.25) is 0 Å². The predicted molar refractivity (Wildman–Crippen MR) is 62.0 cm³/mol. The monoisotopic (exact) mass is 303 g/mol. The number of rotatable bonds is 2. The molecule has 2 fully saturated rings. The molecule has 6 heteroatoms. The summed E-state index contributed by atoms with van der Waals surface area (Å²) in [5, 5.41) is 0.355. The fourth-order valence-corrected chi connectivity index (χ4v) is 4.45. The summed E-state index contributed by atoms with van der Waals surface area (Å²) in [6.07, 6.45) is 0.699. The second-order valence-corrected chi connectivity index (χ2v) is 5.85. The first-order valence-electron chi connectivity index (χ1n) is 5.39. The molecule has 2 N–H and O–H groups in total. The van der Waals surface area contributed by atoms with Crippen molar-refractivity contribution in [3.05, 3.63) is 0 Å². The van der Waals surface area contributed by atoms with Crippen LogP contribution in [-0.4, -0.2) is 23.2 Å². The number of carbonyl (C=O) groups excluding carboxylic acids is 3. The van der Waals surface area contributed by atoms with Gasteiger partial charge in [0, 0.05) is 10.7 Å². The van der Waals surface area contributed by atoms with Crippen LogP contribution in [0.5, 0.6) is 0 Å². The van der Waals surface area contributed by atoms with Gasteiger partial charge in [-0.15, -0.1) is 0 Å². The van der Waals surface area contributed by atoms with Crippen molar-refractivity contribution in [1.82, 2.24) is 0 Å². The number of fused-ring (bicyclic) bond motifs is 2. The SMILES string of the molecule is CC1(C)[C@]2(CBr)CC[C@]1(C(N)=O)C(=O)OC2=O. The highest BCUT2D eigenvalue weighted by Gasteiger charge is 2.76. The Hall–Kier alpha value is -0.910. The van der Waals surface area contributed by atoms with Gasteiger partial charge < -0.3 is 10.5 Å². The maximum atomic E-state index is 12.0. The molecule has 17 heavy (non-hydrogen) atoms. The van der Waals surface area contributed by atoms with E-state index >= 15 is 0 Å². The predicted octanol–water partition coefficient (Wildman–Crippen LogP) is 0.743. The summed E-state index contributed by atoms with van der Waals surface area (Å²) >= 11 is 3.30. The molecule has 0 aromatic carbocycles. The molecule has 0 spiro atoms. The second kappa shape index (κ2) is 3.31. The van der Waals surface area contributed by atoms with Crippen LogP contribution in [0.4, 0.5) is 0 Å². The Bertz CT molecular complexity index is 433. The highest BCUT2D eigenvalue weighted by molar-refractivity contribution is 9.09. The van der Waals surface area contributed by atoms with Gasteiger partial charge in [0.1, 0.15) is 0 Å². The van der Waals surface area contributed by atoms with Crippen LogP contribution in [0.15, 0.2) is 0 Å². The Morgan fingerprint density at radius 2 is 1.94 bits per heavy atom. The van der Waals surface area contributed by atoms with E-state index in [1.807, 2.05) is 0 Å². The Kier molecular flexibility index (Phi) is 2.44. The first-order chi connectivity index (χ1) is 7.76. The molecule has 0 aromatic heterocycles. The van der Waals surface area contributed by atoms with Crippen LogP contribution in [0.3, 0.4) is 0 Å². The molecule has 2 rings (SSSR count). The molecule has 2 atom stereocenters. The minimum atomic E-state index is -1.38. The van der Waals surface area contributed by atoms with E-state index in [1.165, 1.54) is 0 Å². The van der Waals surface area contributed by atoms with E-state index in [4.69, 9.17) is 10.5 Å². The molecular weight excluding hydrogens is 290 g/mol. The minimum absolute atomic E-state index is 0.269. The molecule has 0 radical (unpaired) electrons. The molecule has 2 aliphatic rings. The number of cyclic esters (lactones) is 2. The van der Waals surface area contributed by atoms with E-state index in [-0.39, 0.29) is 6.42 Å². The van der Waals surface area contributed by atoms with E-state index in [2.05, 4.69) is 15.9 Å². The van der Waals surface area contributed by atoms with Crippen molar-refractivity contribution >= 4 is 33.8 Å². The number of ether oxygens (including phenoxy) is 1. The number of esters is 2. The molecular formula is C11H14BrNO4. The van der Waals surface area contributed by atoms with Gasteiger partial charge in [0.25, 0.3) is 0 Å². The zero-order chi connectivity index (χ0) is 13.1. The zero-order valence-electron chi connectivity index (χ0n) is 9.71. The van der Waals surface area contributed by atoms with Crippen LogP contribution in [0, 0.1) is 16.2 Å².